The first-order chi connectivity index (χ1) is 7.80. The van der Waals surface area contributed by atoms with Crippen LogP contribution in [0.25, 0.3) is 0 Å². The van der Waals surface area contributed by atoms with Crippen molar-refractivity contribution < 1.29 is 0 Å². The summed E-state index contributed by atoms with van der Waals surface area (Å²) in [5.41, 5.74) is 1.57. The van der Waals surface area contributed by atoms with Crippen molar-refractivity contribution >= 4 is 27.5 Å². The van der Waals surface area contributed by atoms with E-state index in [2.05, 4.69) is 55.0 Å². The molecular formula is C14H21BrClN. The van der Waals surface area contributed by atoms with E-state index in [1.54, 1.807) is 0 Å². The van der Waals surface area contributed by atoms with Crippen LogP contribution in [0.1, 0.15) is 33.3 Å². The quantitative estimate of drug-likeness (QED) is 0.834. The highest BCUT2D eigenvalue weighted by molar-refractivity contribution is 9.10. The summed E-state index contributed by atoms with van der Waals surface area (Å²) in [5, 5.41) is 4.25. The molecule has 0 aromatic heterocycles. The van der Waals surface area contributed by atoms with E-state index in [9.17, 15) is 0 Å². The molecule has 0 radical (unpaired) electrons. The Morgan fingerprint density at radius 3 is 2.53 bits per heavy atom. The Morgan fingerprint density at radius 1 is 1.35 bits per heavy atom. The van der Waals surface area contributed by atoms with Gasteiger partial charge in [0.15, 0.2) is 0 Å². The van der Waals surface area contributed by atoms with Gasteiger partial charge in [-0.2, -0.15) is 0 Å². The standard InChI is InChI=1S/C14H21BrClN/c1-10(14(2,3)4)8-17-9-11-5-6-12(15)13(16)7-11/h5-7,10,17H,8-9H2,1-4H3. The topological polar surface area (TPSA) is 12.0 Å². The SMILES string of the molecule is CC(CNCc1ccc(Br)c(Cl)c1)C(C)(C)C. The molecule has 0 saturated heterocycles. The van der Waals surface area contributed by atoms with Gasteiger partial charge in [-0.1, -0.05) is 45.4 Å². The summed E-state index contributed by atoms with van der Waals surface area (Å²) >= 11 is 9.45. The zero-order valence-electron chi connectivity index (χ0n) is 11.0. The van der Waals surface area contributed by atoms with Crippen molar-refractivity contribution in [2.45, 2.75) is 34.2 Å². The summed E-state index contributed by atoms with van der Waals surface area (Å²) in [7, 11) is 0. The Hall–Kier alpha value is -0.0500. The van der Waals surface area contributed by atoms with Crippen LogP contribution in [0.5, 0.6) is 0 Å². The normalized spacial score (nSPS) is 13.8. The minimum atomic E-state index is 0.352. The fraction of sp³-hybridized carbons (Fsp3) is 0.571. The lowest BCUT2D eigenvalue weighted by Gasteiger charge is -2.27. The van der Waals surface area contributed by atoms with Gasteiger partial charge in [-0.3, -0.25) is 0 Å². The minimum Gasteiger partial charge on any atom is -0.312 e. The van der Waals surface area contributed by atoms with Crippen LogP contribution >= 0.6 is 27.5 Å². The van der Waals surface area contributed by atoms with Crippen LogP contribution in [0, 0.1) is 11.3 Å². The second-order valence-electron chi connectivity index (χ2n) is 5.65. The van der Waals surface area contributed by atoms with E-state index >= 15 is 0 Å². The van der Waals surface area contributed by atoms with Crippen molar-refractivity contribution in [3.63, 3.8) is 0 Å². The van der Waals surface area contributed by atoms with Crippen molar-refractivity contribution in [2.75, 3.05) is 6.54 Å². The summed E-state index contributed by atoms with van der Waals surface area (Å²) in [6, 6.07) is 6.08. The monoisotopic (exact) mass is 317 g/mol. The largest absolute Gasteiger partial charge is 0.312 e. The molecular weight excluding hydrogens is 298 g/mol. The van der Waals surface area contributed by atoms with Crippen LogP contribution in [-0.2, 0) is 6.54 Å². The number of rotatable bonds is 4. The summed E-state index contributed by atoms with van der Waals surface area (Å²) in [6.45, 7) is 11.0. The van der Waals surface area contributed by atoms with Gasteiger partial charge in [0, 0.05) is 11.0 Å². The van der Waals surface area contributed by atoms with Gasteiger partial charge in [0.25, 0.3) is 0 Å². The summed E-state index contributed by atoms with van der Waals surface area (Å²) < 4.78 is 0.950. The smallest absolute Gasteiger partial charge is 0.0551 e. The fourth-order valence-corrected chi connectivity index (χ4v) is 1.84. The zero-order valence-corrected chi connectivity index (χ0v) is 13.3. The van der Waals surface area contributed by atoms with Gasteiger partial charge < -0.3 is 5.32 Å². The predicted octanol–water partition coefficient (Wildman–Crippen LogP) is 4.87. The molecule has 1 nitrogen and oxygen atoms in total. The summed E-state index contributed by atoms with van der Waals surface area (Å²) in [5.74, 6) is 0.647. The van der Waals surface area contributed by atoms with Crippen LogP contribution in [-0.4, -0.2) is 6.54 Å². The minimum absolute atomic E-state index is 0.352. The Kier molecular flexibility index (Phi) is 5.49. The molecule has 17 heavy (non-hydrogen) atoms. The Balaban J connectivity index is 2.44. The lowest BCUT2D eigenvalue weighted by molar-refractivity contribution is 0.252. The van der Waals surface area contributed by atoms with Crippen LogP contribution in [0.4, 0.5) is 0 Å². The number of halogens is 2. The highest BCUT2D eigenvalue weighted by atomic mass is 79.9. The van der Waals surface area contributed by atoms with Crippen LogP contribution in [0.2, 0.25) is 5.02 Å². The van der Waals surface area contributed by atoms with Gasteiger partial charge in [-0.25, -0.2) is 0 Å². The first kappa shape index (κ1) is 15.0. The average molecular weight is 319 g/mol. The Labute approximate surface area is 118 Å². The molecule has 0 aliphatic heterocycles. The third kappa shape index (κ3) is 4.99. The fourth-order valence-electron chi connectivity index (χ4n) is 1.39. The van der Waals surface area contributed by atoms with E-state index in [-0.39, 0.29) is 0 Å². The molecule has 1 atom stereocenters. The average Bonchev–Trinajstić information content (AvgIpc) is 2.22. The van der Waals surface area contributed by atoms with E-state index in [4.69, 9.17) is 11.6 Å². The van der Waals surface area contributed by atoms with Crippen LogP contribution < -0.4 is 5.32 Å². The molecule has 0 spiro atoms. The lowest BCUT2D eigenvalue weighted by Crippen LogP contribution is -2.29. The molecule has 0 saturated carbocycles. The van der Waals surface area contributed by atoms with E-state index in [1.165, 1.54) is 5.56 Å². The van der Waals surface area contributed by atoms with Gasteiger partial charge in [0.1, 0.15) is 0 Å². The molecule has 1 aromatic carbocycles. The summed E-state index contributed by atoms with van der Waals surface area (Å²) in [6.07, 6.45) is 0. The second-order valence-corrected chi connectivity index (χ2v) is 6.91. The highest BCUT2D eigenvalue weighted by Crippen LogP contribution is 2.25. The number of benzene rings is 1. The van der Waals surface area contributed by atoms with E-state index in [1.807, 2.05) is 12.1 Å². The maximum atomic E-state index is 6.05. The second kappa shape index (κ2) is 6.21. The van der Waals surface area contributed by atoms with Crippen LogP contribution in [0.15, 0.2) is 22.7 Å². The molecule has 0 aliphatic carbocycles. The maximum Gasteiger partial charge on any atom is 0.0551 e. The van der Waals surface area contributed by atoms with Crippen molar-refractivity contribution in [3.8, 4) is 0 Å². The molecule has 0 heterocycles. The Bertz CT molecular complexity index is 371. The maximum absolute atomic E-state index is 6.05. The number of nitrogens with one attached hydrogen (secondary N) is 1. The zero-order chi connectivity index (χ0) is 13.1. The lowest BCUT2D eigenvalue weighted by atomic mass is 9.82. The predicted molar refractivity (Wildman–Crippen MR) is 79.5 cm³/mol. The third-order valence-electron chi connectivity index (χ3n) is 3.24. The first-order valence-electron chi connectivity index (χ1n) is 5.95. The van der Waals surface area contributed by atoms with Gasteiger partial charge in [-0.05, 0) is 51.5 Å². The molecule has 96 valence electrons. The van der Waals surface area contributed by atoms with Crippen LogP contribution in [0.3, 0.4) is 0 Å². The van der Waals surface area contributed by atoms with E-state index in [0.717, 1.165) is 22.6 Å². The van der Waals surface area contributed by atoms with Gasteiger partial charge in [0.05, 0.1) is 5.02 Å². The molecule has 1 N–H and O–H groups in total. The Morgan fingerprint density at radius 2 is 2.00 bits per heavy atom. The molecule has 1 aromatic rings. The third-order valence-corrected chi connectivity index (χ3v) is 4.47. The van der Waals surface area contributed by atoms with E-state index in [0.29, 0.717) is 11.3 Å². The van der Waals surface area contributed by atoms with E-state index < -0.39 is 0 Å². The number of hydrogen-bond acceptors (Lipinski definition) is 1. The van der Waals surface area contributed by atoms with Gasteiger partial charge >= 0.3 is 0 Å². The molecule has 3 heteroatoms. The molecule has 0 amide bonds. The summed E-state index contributed by atoms with van der Waals surface area (Å²) in [4.78, 5) is 0. The first-order valence-corrected chi connectivity index (χ1v) is 7.12. The highest BCUT2D eigenvalue weighted by Gasteiger charge is 2.19. The molecule has 0 aliphatic rings. The molecule has 0 bridgehead atoms. The van der Waals surface area contributed by atoms with Crippen molar-refractivity contribution in [3.05, 3.63) is 33.3 Å². The van der Waals surface area contributed by atoms with Crippen molar-refractivity contribution in [2.24, 2.45) is 11.3 Å². The van der Waals surface area contributed by atoms with Gasteiger partial charge in [-0.15, -0.1) is 0 Å². The molecule has 0 fully saturated rings. The van der Waals surface area contributed by atoms with Crippen molar-refractivity contribution in [1.29, 1.82) is 0 Å². The molecule has 1 rings (SSSR count). The van der Waals surface area contributed by atoms with Crippen molar-refractivity contribution in [1.82, 2.24) is 5.32 Å². The number of hydrogen-bond donors (Lipinski definition) is 1. The molecule has 1 unspecified atom stereocenters. The van der Waals surface area contributed by atoms with Gasteiger partial charge in [0.2, 0.25) is 0 Å².